The Balaban J connectivity index is 1.31. The van der Waals surface area contributed by atoms with E-state index in [0.717, 1.165) is 52.0 Å². The van der Waals surface area contributed by atoms with Crippen LogP contribution in [0, 0.1) is 5.92 Å². The number of likely N-dealkylation sites (tertiary alicyclic amines) is 1. The summed E-state index contributed by atoms with van der Waals surface area (Å²) in [5.41, 5.74) is 0. The van der Waals surface area contributed by atoms with Crippen LogP contribution in [-0.2, 0) is 9.53 Å². The number of amides is 1. The third-order valence-corrected chi connectivity index (χ3v) is 5.05. The van der Waals surface area contributed by atoms with Gasteiger partial charge in [0.15, 0.2) is 0 Å². The van der Waals surface area contributed by atoms with Gasteiger partial charge in [-0.3, -0.25) is 4.79 Å². The van der Waals surface area contributed by atoms with Crippen LogP contribution in [0.5, 0.6) is 5.88 Å². The largest absolute Gasteiger partial charge is 0.478 e. The van der Waals surface area contributed by atoms with Crippen LogP contribution in [0.3, 0.4) is 0 Å². The number of nitrogens with zero attached hydrogens (tertiary/aromatic N) is 3. The van der Waals surface area contributed by atoms with Crippen LogP contribution in [0.15, 0.2) is 18.3 Å². The van der Waals surface area contributed by atoms with Crippen molar-refractivity contribution < 1.29 is 14.3 Å². The Hall–Kier alpha value is -1.37. The predicted octanol–water partition coefficient (Wildman–Crippen LogP) is 2.07. The van der Waals surface area contributed by atoms with Crippen LogP contribution >= 0.6 is 11.6 Å². The van der Waals surface area contributed by atoms with Gasteiger partial charge in [0.05, 0.1) is 24.8 Å². The summed E-state index contributed by atoms with van der Waals surface area (Å²) in [5, 5.41) is 0.613. The van der Waals surface area contributed by atoms with E-state index in [-0.39, 0.29) is 5.92 Å². The first-order valence-corrected chi connectivity index (χ1v) is 9.43. The lowest BCUT2D eigenvalue weighted by atomic mass is 9.95. The number of hydrogen-bond acceptors (Lipinski definition) is 5. The molecule has 0 spiro atoms. The lowest BCUT2D eigenvalue weighted by molar-refractivity contribution is -0.141. The molecule has 0 aliphatic carbocycles. The van der Waals surface area contributed by atoms with Gasteiger partial charge < -0.3 is 19.3 Å². The molecule has 0 aromatic carbocycles. The van der Waals surface area contributed by atoms with Crippen molar-refractivity contribution in [2.24, 2.45) is 5.92 Å². The van der Waals surface area contributed by atoms with E-state index in [4.69, 9.17) is 21.1 Å². The van der Waals surface area contributed by atoms with Crippen LogP contribution in [0.25, 0.3) is 0 Å². The second kappa shape index (κ2) is 9.36. The van der Waals surface area contributed by atoms with Crippen LogP contribution in [0.1, 0.15) is 19.3 Å². The molecule has 1 amide bonds. The average molecular weight is 368 g/mol. The number of pyridine rings is 1. The maximum absolute atomic E-state index is 12.5. The van der Waals surface area contributed by atoms with Gasteiger partial charge in [-0.2, -0.15) is 0 Å². The zero-order chi connectivity index (χ0) is 17.5. The van der Waals surface area contributed by atoms with E-state index >= 15 is 0 Å². The van der Waals surface area contributed by atoms with Crippen molar-refractivity contribution >= 4 is 17.5 Å². The fourth-order valence-corrected chi connectivity index (χ4v) is 3.47. The average Bonchev–Trinajstić information content (AvgIpc) is 2.67. The van der Waals surface area contributed by atoms with Crippen LogP contribution < -0.4 is 4.74 Å². The van der Waals surface area contributed by atoms with E-state index < -0.39 is 0 Å². The number of halogens is 1. The molecule has 2 saturated heterocycles. The van der Waals surface area contributed by atoms with Gasteiger partial charge in [0.1, 0.15) is 0 Å². The molecular formula is C18H26ClN3O3. The van der Waals surface area contributed by atoms with E-state index in [1.54, 1.807) is 18.3 Å². The fraction of sp³-hybridized carbons (Fsp3) is 0.667. The topological polar surface area (TPSA) is 54.9 Å². The first-order chi connectivity index (χ1) is 12.2. The Bertz CT molecular complexity index is 541. The lowest BCUT2D eigenvalue weighted by Crippen LogP contribution is -2.46. The summed E-state index contributed by atoms with van der Waals surface area (Å²) in [5.74, 6) is 1.11. The SMILES string of the molecule is O=C(C1CCN(CCCOc2ccc(Cl)cn2)CC1)N1CCOCC1. The van der Waals surface area contributed by atoms with Crippen molar-refractivity contribution in [3.63, 3.8) is 0 Å². The molecule has 6 nitrogen and oxygen atoms in total. The minimum atomic E-state index is 0.184. The molecule has 0 bridgehead atoms. The minimum absolute atomic E-state index is 0.184. The maximum Gasteiger partial charge on any atom is 0.225 e. The highest BCUT2D eigenvalue weighted by molar-refractivity contribution is 6.30. The Morgan fingerprint density at radius 1 is 1.24 bits per heavy atom. The number of hydrogen-bond donors (Lipinski definition) is 0. The molecule has 2 aliphatic heterocycles. The molecule has 0 saturated carbocycles. The summed E-state index contributed by atoms with van der Waals surface area (Å²) in [6, 6.07) is 3.56. The summed E-state index contributed by atoms with van der Waals surface area (Å²) in [6.45, 7) is 6.44. The summed E-state index contributed by atoms with van der Waals surface area (Å²) in [7, 11) is 0. The molecule has 25 heavy (non-hydrogen) atoms. The Kier molecular flexibility index (Phi) is 6.90. The number of piperidine rings is 1. The normalized spacial score (nSPS) is 19.8. The molecule has 2 fully saturated rings. The highest BCUT2D eigenvalue weighted by atomic mass is 35.5. The van der Waals surface area contributed by atoms with E-state index in [1.807, 2.05) is 4.90 Å². The Labute approximate surface area is 154 Å². The van der Waals surface area contributed by atoms with E-state index in [1.165, 1.54) is 0 Å². The molecule has 2 aliphatic rings. The van der Waals surface area contributed by atoms with E-state index in [0.29, 0.717) is 36.6 Å². The number of carbonyl (C=O) groups is 1. The molecule has 0 radical (unpaired) electrons. The molecule has 7 heteroatoms. The Morgan fingerprint density at radius 2 is 2.00 bits per heavy atom. The van der Waals surface area contributed by atoms with Crippen LogP contribution in [0.4, 0.5) is 0 Å². The van der Waals surface area contributed by atoms with Gasteiger partial charge in [-0.15, -0.1) is 0 Å². The minimum Gasteiger partial charge on any atom is -0.478 e. The van der Waals surface area contributed by atoms with E-state index in [9.17, 15) is 4.79 Å². The third-order valence-electron chi connectivity index (χ3n) is 4.83. The van der Waals surface area contributed by atoms with Crippen molar-refractivity contribution in [2.75, 3.05) is 52.5 Å². The fourth-order valence-electron chi connectivity index (χ4n) is 3.36. The molecular weight excluding hydrogens is 342 g/mol. The zero-order valence-electron chi connectivity index (χ0n) is 14.5. The number of carbonyl (C=O) groups excluding carboxylic acids is 1. The first-order valence-electron chi connectivity index (χ1n) is 9.05. The van der Waals surface area contributed by atoms with Gasteiger partial charge in [0.2, 0.25) is 11.8 Å². The molecule has 3 heterocycles. The quantitative estimate of drug-likeness (QED) is 0.720. The summed E-state index contributed by atoms with van der Waals surface area (Å²) in [6.07, 6.45) is 4.45. The standard InChI is InChI=1S/C18H26ClN3O3/c19-16-2-3-17(20-14-16)25-11-1-6-21-7-4-15(5-8-21)18(23)22-9-12-24-13-10-22/h2-3,14-15H,1,4-13H2. The van der Waals surface area contributed by atoms with Crippen molar-refractivity contribution in [3.05, 3.63) is 23.4 Å². The molecule has 0 unspecified atom stereocenters. The summed E-state index contributed by atoms with van der Waals surface area (Å²) >= 11 is 5.80. The second-order valence-electron chi connectivity index (χ2n) is 6.57. The monoisotopic (exact) mass is 367 g/mol. The van der Waals surface area contributed by atoms with Gasteiger partial charge in [-0.25, -0.2) is 4.98 Å². The lowest BCUT2D eigenvalue weighted by Gasteiger charge is -2.35. The Morgan fingerprint density at radius 3 is 2.68 bits per heavy atom. The number of ether oxygens (including phenoxy) is 2. The third kappa shape index (κ3) is 5.56. The van der Waals surface area contributed by atoms with Gasteiger partial charge in [-0.05, 0) is 38.4 Å². The molecule has 1 aromatic heterocycles. The summed E-state index contributed by atoms with van der Waals surface area (Å²) < 4.78 is 10.9. The number of rotatable bonds is 6. The molecule has 138 valence electrons. The van der Waals surface area contributed by atoms with Crippen molar-refractivity contribution in [2.45, 2.75) is 19.3 Å². The van der Waals surface area contributed by atoms with Crippen molar-refractivity contribution in [1.82, 2.24) is 14.8 Å². The van der Waals surface area contributed by atoms with Crippen molar-refractivity contribution in [1.29, 1.82) is 0 Å². The van der Waals surface area contributed by atoms with E-state index in [2.05, 4.69) is 9.88 Å². The summed E-state index contributed by atoms with van der Waals surface area (Å²) in [4.78, 5) is 21.0. The highest BCUT2D eigenvalue weighted by Gasteiger charge is 2.29. The molecule has 3 rings (SSSR count). The smallest absolute Gasteiger partial charge is 0.225 e. The molecule has 0 N–H and O–H groups in total. The number of aromatic nitrogens is 1. The van der Waals surface area contributed by atoms with Crippen LogP contribution in [0.2, 0.25) is 5.02 Å². The predicted molar refractivity (Wildman–Crippen MR) is 95.9 cm³/mol. The first kappa shape index (κ1) is 18.4. The zero-order valence-corrected chi connectivity index (χ0v) is 15.3. The van der Waals surface area contributed by atoms with Gasteiger partial charge >= 0.3 is 0 Å². The maximum atomic E-state index is 12.5. The van der Waals surface area contributed by atoms with Gasteiger partial charge in [-0.1, -0.05) is 11.6 Å². The molecule has 0 atom stereocenters. The van der Waals surface area contributed by atoms with Crippen molar-refractivity contribution in [3.8, 4) is 5.88 Å². The molecule has 1 aromatic rings. The van der Waals surface area contributed by atoms with Gasteiger partial charge in [0, 0.05) is 37.8 Å². The highest BCUT2D eigenvalue weighted by Crippen LogP contribution is 2.20. The number of morpholine rings is 1. The van der Waals surface area contributed by atoms with Gasteiger partial charge in [0.25, 0.3) is 0 Å². The van der Waals surface area contributed by atoms with Crippen LogP contribution in [-0.4, -0.2) is 73.2 Å². The second-order valence-corrected chi connectivity index (χ2v) is 7.01.